The molecule has 9 heteroatoms. The van der Waals surface area contributed by atoms with Crippen molar-refractivity contribution in [1.82, 2.24) is 24.6 Å². The third-order valence-electron chi connectivity index (χ3n) is 5.06. The van der Waals surface area contributed by atoms with Gasteiger partial charge in [0.05, 0.1) is 17.6 Å². The minimum absolute atomic E-state index is 0.133. The lowest BCUT2D eigenvalue weighted by atomic mass is 9.95. The Balaban J connectivity index is 2.07. The van der Waals surface area contributed by atoms with Crippen LogP contribution in [0.25, 0.3) is 16.8 Å². The Labute approximate surface area is 172 Å². The van der Waals surface area contributed by atoms with Crippen LogP contribution < -0.4 is 10.6 Å². The normalized spacial score (nSPS) is 16.8. The van der Waals surface area contributed by atoms with Crippen LogP contribution in [0.1, 0.15) is 43.0 Å². The lowest BCUT2D eigenvalue weighted by molar-refractivity contribution is -0.114. The number of esters is 1. The first-order chi connectivity index (χ1) is 13.8. The van der Waals surface area contributed by atoms with Gasteiger partial charge in [0.15, 0.2) is 16.6 Å². The number of imidazole rings is 2. The number of thiocarbonyl (C=S) groups is 1. The number of Topliss-reactive ketones (excluding diaryl/α,β-unsaturated/α-hetero) is 1. The monoisotopic (exact) mass is 411 g/mol. The van der Waals surface area contributed by atoms with E-state index in [0.717, 1.165) is 11.0 Å². The van der Waals surface area contributed by atoms with E-state index in [1.54, 1.807) is 18.2 Å². The van der Waals surface area contributed by atoms with Crippen LogP contribution in [0.2, 0.25) is 0 Å². The minimum atomic E-state index is -0.653. The van der Waals surface area contributed by atoms with Gasteiger partial charge < -0.3 is 19.9 Å². The van der Waals surface area contributed by atoms with Crippen LogP contribution in [0.15, 0.2) is 35.5 Å². The van der Waals surface area contributed by atoms with Gasteiger partial charge in [-0.1, -0.05) is 12.1 Å². The Morgan fingerprint density at radius 1 is 1.28 bits per heavy atom. The van der Waals surface area contributed by atoms with Gasteiger partial charge in [-0.15, -0.1) is 0 Å². The number of nitrogens with one attached hydrogen (secondary N) is 2. The molecular formula is C20H21N5O3S. The standard InChI is InChI=1S/C20H21N5O3S/c1-5-28-18(27)17-16(15-14(11(3)26)10(2)21-19(29)22-15)23-20-24(4)12-8-6-7-9-13(12)25(17)20/h6-9,15H,5H2,1-4H3,(H2,21,22,29). The molecule has 150 valence electrons. The summed E-state index contributed by atoms with van der Waals surface area (Å²) in [5.41, 5.74) is 3.58. The molecule has 0 fully saturated rings. The van der Waals surface area contributed by atoms with Crippen molar-refractivity contribution in [2.45, 2.75) is 26.8 Å². The van der Waals surface area contributed by atoms with E-state index in [1.807, 2.05) is 35.9 Å². The van der Waals surface area contributed by atoms with E-state index in [2.05, 4.69) is 10.6 Å². The van der Waals surface area contributed by atoms with Crippen molar-refractivity contribution < 1.29 is 14.3 Å². The topological polar surface area (TPSA) is 89.7 Å². The van der Waals surface area contributed by atoms with Crippen molar-refractivity contribution in [2.24, 2.45) is 7.05 Å². The van der Waals surface area contributed by atoms with Crippen molar-refractivity contribution in [2.75, 3.05) is 6.61 Å². The SMILES string of the molecule is CCOC(=O)c1c(C2NC(=S)NC(C)=C2C(C)=O)nc2n(C)c3ccccc3n12. The number of hydrogen-bond acceptors (Lipinski definition) is 5. The number of para-hydroxylation sites is 2. The summed E-state index contributed by atoms with van der Waals surface area (Å²) in [4.78, 5) is 30.2. The largest absolute Gasteiger partial charge is 0.461 e. The van der Waals surface area contributed by atoms with Crippen LogP contribution >= 0.6 is 12.2 Å². The van der Waals surface area contributed by atoms with Crippen molar-refractivity contribution in [3.8, 4) is 0 Å². The molecular weight excluding hydrogens is 390 g/mol. The molecule has 1 aliphatic rings. The van der Waals surface area contributed by atoms with E-state index in [0.29, 0.717) is 27.9 Å². The average molecular weight is 411 g/mol. The summed E-state index contributed by atoms with van der Waals surface area (Å²) in [6.45, 7) is 5.25. The van der Waals surface area contributed by atoms with Gasteiger partial charge in [-0.25, -0.2) is 9.78 Å². The number of ether oxygens (including phenoxy) is 1. The maximum absolute atomic E-state index is 13.0. The number of benzene rings is 1. The molecule has 29 heavy (non-hydrogen) atoms. The minimum Gasteiger partial charge on any atom is -0.461 e. The molecule has 0 radical (unpaired) electrons. The van der Waals surface area contributed by atoms with E-state index in [1.165, 1.54) is 6.92 Å². The molecule has 2 aromatic heterocycles. The zero-order valence-electron chi connectivity index (χ0n) is 16.6. The molecule has 0 spiro atoms. The molecule has 2 N–H and O–H groups in total. The molecule has 1 aromatic carbocycles. The van der Waals surface area contributed by atoms with Crippen molar-refractivity contribution in [3.05, 3.63) is 46.9 Å². The predicted molar refractivity (Wildman–Crippen MR) is 113 cm³/mol. The maximum atomic E-state index is 13.0. The first-order valence-electron chi connectivity index (χ1n) is 9.27. The third kappa shape index (κ3) is 2.89. The molecule has 8 nitrogen and oxygen atoms in total. The Bertz CT molecular complexity index is 1220. The van der Waals surface area contributed by atoms with Gasteiger partial charge in [0.25, 0.3) is 0 Å². The lowest BCUT2D eigenvalue weighted by Crippen LogP contribution is -2.45. The first-order valence-corrected chi connectivity index (χ1v) is 9.68. The number of hydrogen-bond donors (Lipinski definition) is 2. The number of aryl methyl sites for hydroxylation is 1. The summed E-state index contributed by atoms with van der Waals surface area (Å²) in [6, 6.07) is 7.06. The van der Waals surface area contributed by atoms with Gasteiger partial charge in [-0.3, -0.25) is 9.20 Å². The van der Waals surface area contributed by atoms with Gasteiger partial charge in [0.2, 0.25) is 5.78 Å². The third-order valence-corrected chi connectivity index (χ3v) is 5.28. The van der Waals surface area contributed by atoms with E-state index in [9.17, 15) is 9.59 Å². The zero-order chi connectivity index (χ0) is 20.9. The maximum Gasteiger partial charge on any atom is 0.357 e. The van der Waals surface area contributed by atoms with Gasteiger partial charge in [-0.05, 0) is 45.1 Å². The second-order valence-corrected chi connectivity index (χ2v) is 7.28. The smallest absolute Gasteiger partial charge is 0.357 e. The van der Waals surface area contributed by atoms with Crippen LogP contribution in [0, 0.1) is 0 Å². The molecule has 1 aliphatic heterocycles. The molecule has 3 aromatic rings. The Kier molecular flexibility index (Phi) is 4.62. The van der Waals surface area contributed by atoms with Gasteiger partial charge in [-0.2, -0.15) is 0 Å². The van der Waals surface area contributed by atoms with E-state index in [4.69, 9.17) is 21.9 Å². The predicted octanol–water partition coefficient (Wildman–Crippen LogP) is 2.38. The van der Waals surface area contributed by atoms with Crippen LogP contribution in [0.5, 0.6) is 0 Å². The van der Waals surface area contributed by atoms with Crippen LogP contribution in [-0.2, 0) is 16.6 Å². The molecule has 0 bridgehead atoms. The highest BCUT2D eigenvalue weighted by Crippen LogP contribution is 2.32. The second-order valence-electron chi connectivity index (χ2n) is 6.88. The van der Waals surface area contributed by atoms with Gasteiger partial charge in [0.1, 0.15) is 11.7 Å². The number of carbonyl (C=O) groups is 2. The second kappa shape index (κ2) is 7.00. The fourth-order valence-corrected chi connectivity index (χ4v) is 4.16. The number of fused-ring (bicyclic) bond motifs is 3. The highest BCUT2D eigenvalue weighted by molar-refractivity contribution is 7.80. The van der Waals surface area contributed by atoms with Crippen LogP contribution in [0.3, 0.4) is 0 Å². The van der Waals surface area contributed by atoms with Crippen LogP contribution in [-0.4, -0.2) is 37.4 Å². The molecule has 0 saturated carbocycles. The molecule has 0 aliphatic carbocycles. The van der Waals surface area contributed by atoms with Crippen molar-refractivity contribution >= 4 is 45.9 Å². The molecule has 1 atom stereocenters. The lowest BCUT2D eigenvalue weighted by Gasteiger charge is -2.28. The summed E-state index contributed by atoms with van der Waals surface area (Å²) >= 11 is 5.30. The summed E-state index contributed by atoms with van der Waals surface area (Å²) in [5, 5.41) is 6.44. The van der Waals surface area contributed by atoms with Crippen molar-refractivity contribution in [1.29, 1.82) is 0 Å². The summed E-state index contributed by atoms with van der Waals surface area (Å²) in [6.07, 6.45) is 0. The van der Waals surface area contributed by atoms with E-state index >= 15 is 0 Å². The fourth-order valence-electron chi connectivity index (χ4n) is 3.89. The quantitative estimate of drug-likeness (QED) is 0.503. The van der Waals surface area contributed by atoms with Gasteiger partial charge in [0, 0.05) is 18.3 Å². The molecule has 0 amide bonds. The average Bonchev–Trinajstić information content (AvgIpc) is 3.18. The number of carbonyl (C=O) groups excluding carboxylic acids is 2. The molecule has 0 saturated heterocycles. The Morgan fingerprint density at radius 3 is 2.62 bits per heavy atom. The summed E-state index contributed by atoms with van der Waals surface area (Å²) in [7, 11) is 1.89. The van der Waals surface area contributed by atoms with Gasteiger partial charge >= 0.3 is 5.97 Å². The summed E-state index contributed by atoms with van der Waals surface area (Å²) < 4.78 is 9.04. The molecule has 4 rings (SSSR count). The zero-order valence-corrected chi connectivity index (χ0v) is 17.4. The molecule has 3 heterocycles. The highest BCUT2D eigenvalue weighted by Gasteiger charge is 2.36. The van der Waals surface area contributed by atoms with E-state index in [-0.39, 0.29) is 18.1 Å². The van der Waals surface area contributed by atoms with Crippen LogP contribution in [0.4, 0.5) is 0 Å². The number of ketones is 1. The number of nitrogens with zero attached hydrogens (tertiary/aromatic N) is 3. The Morgan fingerprint density at radius 2 is 1.97 bits per heavy atom. The highest BCUT2D eigenvalue weighted by atomic mass is 32.1. The Hall–Kier alpha value is -3.20. The number of allylic oxidation sites excluding steroid dienone is 1. The number of aromatic nitrogens is 3. The first kappa shape index (κ1) is 19.1. The number of rotatable bonds is 4. The molecule has 1 unspecified atom stereocenters. The van der Waals surface area contributed by atoms with Crippen molar-refractivity contribution in [3.63, 3.8) is 0 Å². The fraction of sp³-hybridized carbons (Fsp3) is 0.300. The van der Waals surface area contributed by atoms with E-state index < -0.39 is 12.0 Å². The summed E-state index contributed by atoms with van der Waals surface area (Å²) in [5.74, 6) is -0.0547.